The van der Waals surface area contributed by atoms with E-state index in [0.29, 0.717) is 11.8 Å². The van der Waals surface area contributed by atoms with E-state index in [0.717, 1.165) is 29.3 Å². The zero-order chi connectivity index (χ0) is 17.8. The van der Waals surface area contributed by atoms with Gasteiger partial charge >= 0.3 is 0 Å². The minimum absolute atomic E-state index is 0.239. The van der Waals surface area contributed by atoms with Gasteiger partial charge in [0.2, 0.25) is 5.16 Å². The van der Waals surface area contributed by atoms with Crippen molar-refractivity contribution >= 4 is 11.8 Å². The summed E-state index contributed by atoms with van der Waals surface area (Å²) in [7, 11) is 0. The summed E-state index contributed by atoms with van der Waals surface area (Å²) in [6, 6.07) is 18.5. The standard InChI is InChI=1S/C19H20N4O2S/c24-17(13-26-19-20-21-22-23(19)16-8-9-16)12-25-18-10-6-15(7-11-18)14-4-2-1-3-5-14/h1-7,10-11,16-17,24H,8-9,12-13H2. The molecule has 1 unspecified atom stereocenters. The number of ether oxygens (including phenoxy) is 1. The fourth-order valence-electron chi connectivity index (χ4n) is 2.61. The number of nitrogens with zero attached hydrogens (tertiary/aromatic N) is 4. The number of hydrogen-bond donors (Lipinski definition) is 1. The number of tetrazole rings is 1. The first-order chi connectivity index (χ1) is 12.8. The highest BCUT2D eigenvalue weighted by Crippen LogP contribution is 2.36. The van der Waals surface area contributed by atoms with Crippen molar-refractivity contribution in [2.24, 2.45) is 0 Å². The summed E-state index contributed by atoms with van der Waals surface area (Å²) >= 11 is 1.46. The van der Waals surface area contributed by atoms with E-state index in [1.54, 1.807) is 0 Å². The summed E-state index contributed by atoms with van der Waals surface area (Å²) in [4.78, 5) is 0. The summed E-state index contributed by atoms with van der Waals surface area (Å²) < 4.78 is 7.54. The summed E-state index contributed by atoms with van der Waals surface area (Å²) in [6.07, 6.45) is 1.67. The van der Waals surface area contributed by atoms with Crippen molar-refractivity contribution in [2.45, 2.75) is 30.1 Å². The summed E-state index contributed by atoms with van der Waals surface area (Å²) in [5.41, 5.74) is 2.31. The lowest BCUT2D eigenvalue weighted by atomic mass is 10.1. The van der Waals surface area contributed by atoms with Crippen LogP contribution in [0.5, 0.6) is 5.75 Å². The van der Waals surface area contributed by atoms with Crippen molar-refractivity contribution in [3.8, 4) is 16.9 Å². The van der Waals surface area contributed by atoms with Gasteiger partial charge in [0.1, 0.15) is 12.4 Å². The van der Waals surface area contributed by atoms with Gasteiger partial charge in [0, 0.05) is 5.75 Å². The number of aromatic nitrogens is 4. The second-order valence-corrected chi connectivity index (χ2v) is 7.29. The molecular formula is C19H20N4O2S. The van der Waals surface area contributed by atoms with Crippen LogP contribution in [-0.2, 0) is 0 Å². The third-order valence-corrected chi connectivity index (χ3v) is 5.24. The van der Waals surface area contributed by atoms with Crippen LogP contribution in [0.2, 0.25) is 0 Å². The van der Waals surface area contributed by atoms with Crippen LogP contribution in [0.25, 0.3) is 11.1 Å². The third kappa shape index (κ3) is 4.23. The van der Waals surface area contributed by atoms with Gasteiger partial charge < -0.3 is 9.84 Å². The monoisotopic (exact) mass is 368 g/mol. The molecule has 0 amide bonds. The maximum atomic E-state index is 10.2. The molecule has 4 rings (SSSR count). The minimum atomic E-state index is -0.585. The Labute approximate surface area is 156 Å². The van der Waals surface area contributed by atoms with Gasteiger partial charge in [-0.2, -0.15) is 0 Å². The van der Waals surface area contributed by atoms with Crippen molar-refractivity contribution in [3.05, 3.63) is 54.6 Å². The zero-order valence-electron chi connectivity index (χ0n) is 14.2. The van der Waals surface area contributed by atoms with E-state index in [4.69, 9.17) is 4.74 Å². The molecule has 134 valence electrons. The number of benzene rings is 2. The molecule has 0 bridgehead atoms. The average molecular weight is 368 g/mol. The molecule has 26 heavy (non-hydrogen) atoms. The van der Waals surface area contributed by atoms with Crippen LogP contribution in [-0.4, -0.2) is 43.8 Å². The van der Waals surface area contributed by atoms with Crippen molar-refractivity contribution in [2.75, 3.05) is 12.4 Å². The Morgan fingerprint density at radius 3 is 2.54 bits per heavy atom. The van der Waals surface area contributed by atoms with Gasteiger partial charge in [0.05, 0.1) is 12.1 Å². The van der Waals surface area contributed by atoms with E-state index in [1.165, 1.54) is 17.3 Å². The van der Waals surface area contributed by atoms with Crippen LogP contribution >= 0.6 is 11.8 Å². The predicted octanol–water partition coefficient (Wildman–Crippen LogP) is 3.21. The number of aliphatic hydroxyl groups is 1. The molecule has 3 aromatic rings. The molecule has 7 heteroatoms. The van der Waals surface area contributed by atoms with E-state index in [1.807, 2.05) is 47.1 Å². The van der Waals surface area contributed by atoms with E-state index in [2.05, 4.69) is 27.7 Å². The van der Waals surface area contributed by atoms with Gasteiger partial charge in [0.25, 0.3) is 0 Å². The largest absolute Gasteiger partial charge is 0.491 e. The maximum absolute atomic E-state index is 10.2. The van der Waals surface area contributed by atoms with Gasteiger partial charge in [0.15, 0.2) is 0 Å². The third-order valence-electron chi connectivity index (χ3n) is 4.16. The molecule has 1 aliphatic carbocycles. The molecule has 6 nitrogen and oxygen atoms in total. The fraction of sp³-hybridized carbons (Fsp3) is 0.316. The molecule has 1 saturated carbocycles. The molecule has 0 aliphatic heterocycles. The second-order valence-electron chi connectivity index (χ2n) is 6.30. The lowest BCUT2D eigenvalue weighted by Crippen LogP contribution is -2.20. The molecular weight excluding hydrogens is 348 g/mol. The number of aliphatic hydroxyl groups excluding tert-OH is 1. The molecule has 1 aromatic heterocycles. The first-order valence-electron chi connectivity index (χ1n) is 8.66. The molecule has 1 atom stereocenters. The first kappa shape index (κ1) is 17.1. The average Bonchev–Trinajstić information content (AvgIpc) is 3.43. The van der Waals surface area contributed by atoms with Crippen molar-refractivity contribution < 1.29 is 9.84 Å². The Bertz CT molecular complexity index is 834. The smallest absolute Gasteiger partial charge is 0.209 e. The number of thioether (sulfide) groups is 1. The Kier molecular flexibility index (Phi) is 5.17. The van der Waals surface area contributed by atoms with E-state index in [-0.39, 0.29) is 6.61 Å². The Morgan fingerprint density at radius 1 is 1.08 bits per heavy atom. The topological polar surface area (TPSA) is 73.1 Å². The van der Waals surface area contributed by atoms with Crippen LogP contribution in [0, 0.1) is 0 Å². The SMILES string of the molecule is OC(COc1ccc(-c2ccccc2)cc1)CSc1nnnn1C1CC1. The first-order valence-corrected chi connectivity index (χ1v) is 9.65. The molecule has 0 spiro atoms. The quantitative estimate of drug-likeness (QED) is 0.616. The van der Waals surface area contributed by atoms with E-state index >= 15 is 0 Å². The Balaban J connectivity index is 1.26. The number of rotatable bonds is 8. The van der Waals surface area contributed by atoms with Gasteiger partial charge in [-0.05, 0) is 46.5 Å². The van der Waals surface area contributed by atoms with E-state index in [9.17, 15) is 5.11 Å². The van der Waals surface area contributed by atoms with Gasteiger partial charge in [-0.3, -0.25) is 0 Å². The molecule has 1 aliphatic rings. The Hall–Kier alpha value is -2.38. The minimum Gasteiger partial charge on any atom is -0.491 e. The van der Waals surface area contributed by atoms with Crippen LogP contribution in [0.3, 0.4) is 0 Å². The van der Waals surface area contributed by atoms with Crippen LogP contribution < -0.4 is 4.74 Å². The van der Waals surface area contributed by atoms with Crippen LogP contribution in [0.4, 0.5) is 0 Å². The van der Waals surface area contributed by atoms with Gasteiger partial charge in [-0.15, -0.1) is 5.10 Å². The lowest BCUT2D eigenvalue weighted by molar-refractivity contribution is 0.126. The normalized spacial score (nSPS) is 15.0. The highest BCUT2D eigenvalue weighted by Gasteiger charge is 2.28. The second kappa shape index (κ2) is 7.88. The molecule has 1 fully saturated rings. The van der Waals surface area contributed by atoms with Crippen LogP contribution in [0.1, 0.15) is 18.9 Å². The summed E-state index contributed by atoms with van der Waals surface area (Å²) in [6.45, 7) is 0.239. The van der Waals surface area contributed by atoms with E-state index < -0.39 is 6.10 Å². The highest BCUT2D eigenvalue weighted by atomic mass is 32.2. The summed E-state index contributed by atoms with van der Waals surface area (Å²) in [5, 5.41) is 22.7. The number of hydrogen-bond acceptors (Lipinski definition) is 6. The van der Waals surface area contributed by atoms with Crippen LogP contribution in [0.15, 0.2) is 59.8 Å². The van der Waals surface area contributed by atoms with Gasteiger partial charge in [-0.1, -0.05) is 54.2 Å². The Morgan fingerprint density at radius 2 is 1.81 bits per heavy atom. The molecule has 1 heterocycles. The molecule has 0 radical (unpaired) electrons. The molecule has 0 saturated heterocycles. The highest BCUT2D eigenvalue weighted by molar-refractivity contribution is 7.99. The lowest BCUT2D eigenvalue weighted by Gasteiger charge is -2.12. The van der Waals surface area contributed by atoms with Crippen molar-refractivity contribution in [1.82, 2.24) is 20.2 Å². The zero-order valence-corrected chi connectivity index (χ0v) is 15.0. The predicted molar refractivity (Wildman–Crippen MR) is 100 cm³/mol. The molecule has 1 N–H and O–H groups in total. The summed E-state index contributed by atoms with van der Waals surface area (Å²) in [5.74, 6) is 1.24. The maximum Gasteiger partial charge on any atom is 0.209 e. The molecule has 2 aromatic carbocycles. The van der Waals surface area contributed by atoms with Crippen molar-refractivity contribution in [1.29, 1.82) is 0 Å². The van der Waals surface area contributed by atoms with Gasteiger partial charge in [-0.25, -0.2) is 4.68 Å². The fourth-order valence-corrected chi connectivity index (χ4v) is 3.46. The van der Waals surface area contributed by atoms with Crippen molar-refractivity contribution in [3.63, 3.8) is 0 Å².